The van der Waals surface area contributed by atoms with Crippen molar-refractivity contribution in [1.82, 2.24) is 0 Å². The van der Waals surface area contributed by atoms with E-state index < -0.39 is 5.97 Å². The van der Waals surface area contributed by atoms with Crippen molar-refractivity contribution in [3.05, 3.63) is 42.5 Å². The van der Waals surface area contributed by atoms with Crippen LogP contribution in [0.3, 0.4) is 0 Å². The molecule has 0 unspecified atom stereocenters. The van der Waals surface area contributed by atoms with Crippen LogP contribution in [0.25, 0.3) is 10.8 Å². The molecular formula is C14H14N2O2. The number of nitrogens with two attached hydrogens (primary N) is 2. The molecule has 0 aromatic heterocycles. The van der Waals surface area contributed by atoms with E-state index in [1.165, 1.54) is 0 Å². The Balaban J connectivity index is 2.60. The normalized spacial score (nSPS) is 10.3. The third-order valence-electron chi connectivity index (χ3n) is 2.57. The molecule has 0 heterocycles. The lowest BCUT2D eigenvalue weighted by molar-refractivity contribution is -0.129. The van der Waals surface area contributed by atoms with Crippen molar-refractivity contribution in [1.29, 1.82) is 0 Å². The van der Waals surface area contributed by atoms with Gasteiger partial charge < -0.3 is 16.2 Å². The lowest BCUT2D eigenvalue weighted by Crippen LogP contribution is -2.09. The van der Waals surface area contributed by atoms with Gasteiger partial charge in [0.05, 0.1) is 0 Å². The maximum absolute atomic E-state index is 11.6. The number of rotatable bonds is 2. The Morgan fingerprint density at radius 1 is 1.22 bits per heavy atom. The average Bonchev–Trinajstić information content (AvgIpc) is 2.30. The Bertz CT molecular complexity index is 648. The van der Waals surface area contributed by atoms with Crippen LogP contribution >= 0.6 is 0 Å². The molecule has 0 fully saturated rings. The fourth-order valence-electron chi connectivity index (χ4n) is 1.67. The minimum atomic E-state index is -0.482. The summed E-state index contributed by atoms with van der Waals surface area (Å²) in [5.41, 5.74) is 13.1. The van der Waals surface area contributed by atoms with Crippen molar-refractivity contribution in [2.45, 2.75) is 6.92 Å². The number of ether oxygens (including phenoxy) is 1. The predicted octanol–water partition coefficient (Wildman–Crippen LogP) is 2.49. The van der Waals surface area contributed by atoms with Crippen LogP contribution in [0.15, 0.2) is 42.5 Å². The van der Waals surface area contributed by atoms with Gasteiger partial charge in [-0.3, -0.25) is 0 Å². The van der Waals surface area contributed by atoms with Gasteiger partial charge >= 0.3 is 5.97 Å². The quantitative estimate of drug-likeness (QED) is 0.367. The van der Waals surface area contributed by atoms with Gasteiger partial charge in [-0.15, -0.1) is 0 Å². The van der Waals surface area contributed by atoms with Crippen molar-refractivity contribution in [2.75, 3.05) is 11.5 Å². The van der Waals surface area contributed by atoms with Crippen LogP contribution in [0.1, 0.15) is 6.92 Å². The number of hydrogen-bond donors (Lipinski definition) is 2. The molecular weight excluding hydrogens is 228 g/mol. The third-order valence-corrected chi connectivity index (χ3v) is 2.57. The van der Waals surface area contributed by atoms with Crippen molar-refractivity contribution in [2.24, 2.45) is 0 Å². The summed E-state index contributed by atoms with van der Waals surface area (Å²) in [5.74, 6) is -0.0883. The molecule has 92 valence electrons. The van der Waals surface area contributed by atoms with Gasteiger partial charge in [-0.05, 0) is 19.1 Å². The third kappa shape index (κ3) is 2.13. The Kier molecular flexibility index (Phi) is 2.93. The summed E-state index contributed by atoms with van der Waals surface area (Å²) in [6.45, 7) is 5.13. The topological polar surface area (TPSA) is 78.3 Å². The first kappa shape index (κ1) is 12.0. The minimum Gasteiger partial charge on any atom is -0.422 e. The van der Waals surface area contributed by atoms with Gasteiger partial charge in [0.15, 0.2) is 0 Å². The summed E-state index contributed by atoms with van der Waals surface area (Å²) >= 11 is 0. The first-order valence-electron chi connectivity index (χ1n) is 5.44. The number of esters is 1. The fraction of sp³-hybridized carbons (Fsp3) is 0.0714. The van der Waals surface area contributed by atoms with Crippen LogP contribution in [0.5, 0.6) is 5.75 Å². The highest BCUT2D eigenvalue weighted by Crippen LogP contribution is 2.32. The molecule has 0 atom stereocenters. The Labute approximate surface area is 105 Å². The summed E-state index contributed by atoms with van der Waals surface area (Å²) in [6, 6.07) is 8.75. The van der Waals surface area contributed by atoms with E-state index in [9.17, 15) is 4.79 Å². The highest BCUT2D eigenvalue weighted by Gasteiger charge is 2.11. The standard InChI is InChI=1S/C14H14N2O2/c1-8(2)14(17)18-13-7-9(15)6-11-10(13)4-3-5-12(11)16/h3-7H,1,15-16H2,2H3. The first-order chi connectivity index (χ1) is 8.49. The number of fused-ring (bicyclic) bond motifs is 1. The van der Waals surface area contributed by atoms with Crippen molar-refractivity contribution in [3.63, 3.8) is 0 Å². The van der Waals surface area contributed by atoms with Gasteiger partial charge in [0, 0.05) is 33.8 Å². The molecule has 18 heavy (non-hydrogen) atoms. The van der Waals surface area contributed by atoms with E-state index in [4.69, 9.17) is 16.2 Å². The van der Waals surface area contributed by atoms with Gasteiger partial charge in [0.2, 0.25) is 0 Å². The average molecular weight is 242 g/mol. The van der Waals surface area contributed by atoms with Crippen LogP contribution in [0.4, 0.5) is 11.4 Å². The highest BCUT2D eigenvalue weighted by molar-refractivity contribution is 6.01. The van der Waals surface area contributed by atoms with Crippen LogP contribution < -0.4 is 16.2 Å². The number of nitrogen functional groups attached to an aromatic ring is 2. The van der Waals surface area contributed by atoms with Crippen molar-refractivity contribution >= 4 is 28.1 Å². The molecule has 2 rings (SSSR count). The predicted molar refractivity (Wildman–Crippen MR) is 73.2 cm³/mol. The highest BCUT2D eigenvalue weighted by atomic mass is 16.5. The van der Waals surface area contributed by atoms with E-state index in [2.05, 4.69) is 6.58 Å². The van der Waals surface area contributed by atoms with Crippen molar-refractivity contribution < 1.29 is 9.53 Å². The van der Waals surface area contributed by atoms with E-state index in [0.717, 1.165) is 10.8 Å². The summed E-state index contributed by atoms with van der Waals surface area (Å²) < 4.78 is 5.25. The maximum atomic E-state index is 11.6. The SMILES string of the molecule is C=C(C)C(=O)Oc1cc(N)cc2c(N)cccc12. The van der Waals surface area contributed by atoms with Crippen LogP contribution in [0.2, 0.25) is 0 Å². The molecule has 4 N–H and O–H groups in total. The second-order valence-electron chi connectivity index (χ2n) is 4.13. The Morgan fingerprint density at radius 2 is 1.94 bits per heavy atom. The summed E-state index contributed by atoms with van der Waals surface area (Å²) in [7, 11) is 0. The van der Waals surface area contributed by atoms with Crippen molar-refractivity contribution in [3.8, 4) is 5.75 Å². The lowest BCUT2D eigenvalue weighted by atomic mass is 10.1. The van der Waals surface area contributed by atoms with E-state index in [1.54, 1.807) is 31.2 Å². The summed E-state index contributed by atoms with van der Waals surface area (Å²) in [6.07, 6.45) is 0. The number of carbonyl (C=O) groups excluding carboxylic acids is 1. The monoisotopic (exact) mass is 242 g/mol. The molecule has 0 saturated carbocycles. The second-order valence-corrected chi connectivity index (χ2v) is 4.13. The van der Waals surface area contributed by atoms with Crippen LogP contribution in [-0.2, 0) is 4.79 Å². The van der Waals surface area contributed by atoms with Crippen LogP contribution in [-0.4, -0.2) is 5.97 Å². The molecule has 0 spiro atoms. The van der Waals surface area contributed by atoms with E-state index in [-0.39, 0.29) is 0 Å². The number of benzene rings is 2. The summed E-state index contributed by atoms with van der Waals surface area (Å²) in [5, 5.41) is 1.51. The molecule has 2 aromatic rings. The Morgan fingerprint density at radius 3 is 2.61 bits per heavy atom. The fourth-order valence-corrected chi connectivity index (χ4v) is 1.67. The van der Waals surface area contributed by atoms with E-state index in [1.807, 2.05) is 6.07 Å². The molecule has 0 aliphatic carbocycles. The zero-order chi connectivity index (χ0) is 13.3. The smallest absolute Gasteiger partial charge is 0.338 e. The van der Waals surface area contributed by atoms with E-state index in [0.29, 0.717) is 22.7 Å². The van der Waals surface area contributed by atoms with Gasteiger partial charge in [0.1, 0.15) is 5.75 Å². The number of hydrogen-bond acceptors (Lipinski definition) is 4. The molecule has 0 bridgehead atoms. The molecule has 0 amide bonds. The van der Waals surface area contributed by atoms with Gasteiger partial charge in [-0.2, -0.15) is 0 Å². The molecule has 0 saturated heterocycles. The van der Waals surface area contributed by atoms with Gasteiger partial charge in [-0.25, -0.2) is 4.79 Å². The zero-order valence-electron chi connectivity index (χ0n) is 10.1. The van der Waals surface area contributed by atoms with Gasteiger partial charge in [0.25, 0.3) is 0 Å². The molecule has 2 aromatic carbocycles. The molecule has 0 radical (unpaired) electrons. The maximum Gasteiger partial charge on any atom is 0.338 e. The van der Waals surface area contributed by atoms with E-state index >= 15 is 0 Å². The molecule has 0 aliphatic rings. The molecule has 0 aliphatic heterocycles. The van der Waals surface area contributed by atoms with Crippen LogP contribution in [0, 0.1) is 0 Å². The Hall–Kier alpha value is -2.49. The zero-order valence-corrected chi connectivity index (χ0v) is 10.1. The first-order valence-corrected chi connectivity index (χ1v) is 5.44. The largest absolute Gasteiger partial charge is 0.422 e. The molecule has 4 heteroatoms. The summed E-state index contributed by atoms with van der Waals surface area (Å²) in [4.78, 5) is 11.6. The second kappa shape index (κ2) is 4.41. The minimum absolute atomic E-state index is 0.328. The number of carbonyl (C=O) groups is 1. The number of anilines is 2. The lowest BCUT2D eigenvalue weighted by Gasteiger charge is -2.10. The molecule has 4 nitrogen and oxygen atoms in total. The van der Waals surface area contributed by atoms with Gasteiger partial charge in [-0.1, -0.05) is 18.7 Å².